The Bertz CT molecular complexity index is 981. The summed E-state index contributed by atoms with van der Waals surface area (Å²) < 4.78 is 49.9. The Balaban J connectivity index is 0.00000192. The number of fused-ring (bicyclic) bond motifs is 1. The molecule has 114 valence electrons. The number of nitrogens with zero attached hydrogens (tertiary/aromatic N) is 1. The van der Waals surface area contributed by atoms with Crippen LogP contribution in [-0.4, -0.2) is 21.2 Å². The van der Waals surface area contributed by atoms with Crippen molar-refractivity contribution in [1.82, 2.24) is 3.97 Å². The summed E-state index contributed by atoms with van der Waals surface area (Å²) in [6.07, 6.45) is 0. The minimum absolute atomic E-state index is 0. The molecule has 1 heterocycles. The maximum atomic E-state index is 12.9. The van der Waals surface area contributed by atoms with E-state index in [0.29, 0.717) is 16.5 Å². The van der Waals surface area contributed by atoms with Gasteiger partial charge in [-0.1, -0.05) is 36.4 Å². The van der Waals surface area contributed by atoms with E-state index >= 15 is 0 Å². The van der Waals surface area contributed by atoms with E-state index in [2.05, 4.69) is 0 Å². The van der Waals surface area contributed by atoms with E-state index in [9.17, 15) is 17.2 Å². The molecule has 5 nitrogen and oxygen atoms in total. The van der Waals surface area contributed by atoms with Crippen LogP contribution in [-0.2, 0) is 21.1 Å². The Morgan fingerprint density at radius 2 is 1.57 bits per heavy atom. The van der Waals surface area contributed by atoms with Gasteiger partial charge in [0.25, 0.3) is 10.0 Å². The molecule has 1 unspecified atom stereocenters. The average molecular weight is 341 g/mol. The molecule has 0 N–H and O–H groups in total. The Morgan fingerprint density at radius 3 is 2.17 bits per heavy atom. The maximum Gasteiger partial charge on any atom is 1.00 e. The van der Waals surface area contributed by atoms with Crippen LogP contribution in [0, 0.1) is 6.92 Å². The van der Waals surface area contributed by atoms with Gasteiger partial charge in [-0.15, -0.1) is 0 Å². The van der Waals surface area contributed by atoms with Crippen LogP contribution in [0.3, 0.4) is 0 Å². The van der Waals surface area contributed by atoms with Gasteiger partial charge in [-0.3, -0.25) is 4.21 Å². The van der Waals surface area contributed by atoms with E-state index in [4.69, 9.17) is 0 Å². The Morgan fingerprint density at radius 1 is 1.00 bits per heavy atom. The first-order valence-electron chi connectivity index (χ1n) is 6.44. The predicted octanol–water partition coefficient (Wildman–Crippen LogP) is -0.571. The zero-order valence-electron chi connectivity index (χ0n) is 12.6. The standard InChI is InChI=1S/C15H13NO4S2.Li/c1-11-13-9-5-6-10-14(13)16(15(11)21(17)18)22(19,20)12-7-3-2-4-8-12;/h2-10H,1H3,(H,17,18);/q;+1/p-1. The fourth-order valence-electron chi connectivity index (χ4n) is 2.47. The predicted molar refractivity (Wildman–Crippen MR) is 82.9 cm³/mol. The Hall–Kier alpha value is -1.36. The molecule has 3 aromatic rings. The fraction of sp³-hybridized carbons (Fsp3) is 0.0667. The van der Waals surface area contributed by atoms with Crippen LogP contribution in [0.15, 0.2) is 64.5 Å². The molecule has 2 aromatic carbocycles. The first-order valence-corrected chi connectivity index (χ1v) is 8.96. The van der Waals surface area contributed by atoms with Crippen LogP contribution in [0.1, 0.15) is 5.56 Å². The van der Waals surface area contributed by atoms with E-state index in [0.717, 1.165) is 3.97 Å². The van der Waals surface area contributed by atoms with E-state index in [-0.39, 0.29) is 28.8 Å². The molecule has 0 bridgehead atoms. The summed E-state index contributed by atoms with van der Waals surface area (Å²) in [5.41, 5.74) is 0.770. The van der Waals surface area contributed by atoms with Gasteiger partial charge < -0.3 is 4.55 Å². The van der Waals surface area contributed by atoms with Crippen molar-refractivity contribution in [2.45, 2.75) is 16.8 Å². The molecule has 1 aromatic heterocycles. The normalized spacial score (nSPS) is 12.8. The van der Waals surface area contributed by atoms with Crippen molar-refractivity contribution >= 4 is 32.0 Å². The smallest absolute Gasteiger partial charge is 0.767 e. The Kier molecular flexibility index (Phi) is 5.19. The first-order chi connectivity index (χ1) is 10.4. The third kappa shape index (κ3) is 2.91. The van der Waals surface area contributed by atoms with Crippen LogP contribution in [0.5, 0.6) is 0 Å². The fourth-order valence-corrected chi connectivity index (χ4v) is 5.03. The van der Waals surface area contributed by atoms with Crippen molar-refractivity contribution in [3.8, 4) is 0 Å². The van der Waals surface area contributed by atoms with Crippen LogP contribution in [0.2, 0.25) is 0 Å². The van der Waals surface area contributed by atoms with Crippen LogP contribution >= 0.6 is 0 Å². The third-order valence-corrected chi connectivity index (χ3v) is 6.12. The molecule has 0 spiro atoms. The summed E-state index contributed by atoms with van der Waals surface area (Å²) in [5.74, 6) is 0. The molecule has 0 saturated heterocycles. The molecule has 0 aliphatic heterocycles. The van der Waals surface area contributed by atoms with Crippen molar-refractivity contribution in [3.05, 3.63) is 60.2 Å². The second kappa shape index (κ2) is 6.63. The second-order valence-corrected chi connectivity index (χ2v) is 7.41. The third-order valence-electron chi connectivity index (χ3n) is 3.47. The summed E-state index contributed by atoms with van der Waals surface area (Å²) in [4.78, 5) is 0.0439. The zero-order valence-corrected chi connectivity index (χ0v) is 14.2. The summed E-state index contributed by atoms with van der Waals surface area (Å²) >= 11 is -2.67. The number of aromatic nitrogens is 1. The molecule has 0 fully saturated rings. The molecule has 0 saturated carbocycles. The molecule has 0 amide bonds. The number of benzene rings is 2. The van der Waals surface area contributed by atoms with Crippen molar-refractivity contribution in [2.75, 3.05) is 0 Å². The maximum absolute atomic E-state index is 12.9. The molecule has 0 radical (unpaired) electrons. The SMILES string of the molecule is Cc1c(S(=O)[O-])n(S(=O)(=O)c2ccccc2)c2ccccc12.[Li+]. The topological polar surface area (TPSA) is 79.2 Å². The monoisotopic (exact) mass is 341 g/mol. The number of rotatable bonds is 3. The number of aryl methyl sites for hydroxylation is 1. The Labute approximate surface area is 148 Å². The molecular weight excluding hydrogens is 329 g/mol. The average Bonchev–Trinajstić information content (AvgIpc) is 2.82. The van der Waals surface area contributed by atoms with Gasteiger partial charge in [0.15, 0.2) is 0 Å². The van der Waals surface area contributed by atoms with Gasteiger partial charge in [-0.2, -0.15) is 0 Å². The summed E-state index contributed by atoms with van der Waals surface area (Å²) in [6, 6.07) is 14.5. The van der Waals surface area contributed by atoms with Gasteiger partial charge in [0.05, 0.1) is 10.4 Å². The number of hydrogen-bond acceptors (Lipinski definition) is 4. The van der Waals surface area contributed by atoms with Gasteiger partial charge in [-0.25, -0.2) is 12.4 Å². The largest absolute Gasteiger partial charge is 1.00 e. The first kappa shape index (κ1) is 18.0. The van der Waals surface area contributed by atoms with Crippen molar-refractivity contribution in [2.24, 2.45) is 0 Å². The van der Waals surface area contributed by atoms with Crippen LogP contribution < -0.4 is 18.9 Å². The van der Waals surface area contributed by atoms with Crippen molar-refractivity contribution < 1.29 is 36.0 Å². The van der Waals surface area contributed by atoms with Gasteiger partial charge >= 0.3 is 18.9 Å². The minimum atomic E-state index is -4.00. The van der Waals surface area contributed by atoms with Gasteiger partial charge in [0, 0.05) is 5.39 Å². The molecule has 23 heavy (non-hydrogen) atoms. The van der Waals surface area contributed by atoms with Gasteiger partial charge in [-0.05, 0) is 41.8 Å². The molecule has 8 heteroatoms. The van der Waals surface area contributed by atoms with Gasteiger partial charge in [0.1, 0.15) is 5.03 Å². The minimum Gasteiger partial charge on any atom is -0.767 e. The zero-order chi connectivity index (χ0) is 15.9. The van der Waals surface area contributed by atoms with Crippen molar-refractivity contribution in [1.29, 1.82) is 0 Å². The van der Waals surface area contributed by atoms with E-state index in [1.807, 2.05) is 0 Å². The van der Waals surface area contributed by atoms with E-state index in [1.165, 1.54) is 12.1 Å². The van der Waals surface area contributed by atoms with Gasteiger partial charge in [0.2, 0.25) is 0 Å². The molecule has 0 aliphatic rings. The van der Waals surface area contributed by atoms with Crippen LogP contribution in [0.25, 0.3) is 10.9 Å². The summed E-state index contributed by atoms with van der Waals surface area (Å²) in [7, 11) is -4.00. The molecular formula is C15H12LiNO4S2. The van der Waals surface area contributed by atoms with Crippen molar-refractivity contribution in [3.63, 3.8) is 0 Å². The molecule has 3 rings (SSSR count). The quantitative estimate of drug-likeness (QED) is 0.472. The van der Waals surface area contributed by atoms with E-state index in [1.54, 1.807) is 49.4 Å². The summed E-state index contributed by atoms with van der Waals surface area (Å²) in [5, 5.41) is 0.367. The number of para-hydroxylation sites is 1. The molecule has 0 aliphatic carbocycles. The number of hydrogen-bond donors (Lipinski definition) is 0. The van der Waals surface area contributed by atoms with Crippen LogP contribution in [0.4, 0.5) is 0 Å². The molecule has 1 atom stereocenters. The second-order valence-electron chi connectivity index (χ2n) is 4.76. The van der Waals surface area contributed by atoms with E-state index < -0.39 is 21.1 Å². The summed E-state index contributed by atoms with van der Waals surface area (Å²) in [6.45, 7) is 1.60.